The molecule has 1 heterocycles. The Morgan fingerprint density at radius 1 is 1.25 bits per heavy atom. The molecule has 0 N–H and O–H groups in total. The summed E-state index contributed by atoms with van der Waals surface area (Å²) in [5.41, 5.74) is 3.16. The van der Waals surface area contributed by atoms with Crippen molar-refractivity contribution in [2.24, 2.45) is 4.99 Å². The van der Waals surface area contributed by atoms with Crippen molar-refractivity contribution in [2.75, 3.05) is 7.11 Å². The van der Waals surface area contributed by atoms with E-state index in [0.717, 1.165) is 28.3 Å². The third-order valence-electron chi connectivity index (χ3n) is 3.05. The Bertz CT molecular complexity index is 668. The Kier molecular flexibility index (Phi) is 4.03. The van der Waals surface area contributed by atoms with Gasteiger partial charge in [-0.3, -0.25) is 4.99 Å². The Labute approximate surface area is 118 Å². The zero-order valence-electron chi connectivity index (χ0n) is 12.1. The summed E-state index contributed by atoms with van der Waals surface area (Å²) in [6, 6.07) is 7.23. The molecule has 20 heavy (non-hydrogen) atoms. The number of hydrogen-bond donors (Lipinski definition) is 0. The van der Waals surface area contributed by atoms with Crippen molar-refractivity contribution >= 4 is 17.9 Å². The second kappa shape index (κ2) is 5.74. The molecule has 0 fully saturated rings. The first kappa shape index (κ1) is 14.1. The van der Waals surface area contributed by atoms with Crippen LogP contribution in [0.3, 0.4) is 0 Å². The lowest BCUT2D eigenvalue weighted by Gasteiger charge is -2.03. The van der Waals surface area contributed by atoms with Crippen LogP contribution in [0.15, 0.2) is 33.7 Å². The summed E-state index contributed by atoms with van der Waals surface area (Å²) in [5.74, 6) is 1.31. The second-order valence-corrected chi connectivity index (χ2v) is 4.62. The molecule has 0 aliphatic rings. The first-order chi connectivity index (χ1) is 9.51. The molecule has 4 nitrogen and oxygen atoms in total. The Balaban J connectivity index is 2.33. The molecule has 0 saturated carbocycles. The minimum absolute atomic E-state index is 0.364. The molecule has 0 aliphatic heterocycles. The molecule has 2 aromatic rings. The third kappa shape index (κ3) is 2.96. The van der Waals surface area contributed by atoms with Crippen molar-refractivity contribution in [1.29, 1.82) is 0 Å². The number of carbonyl (C=O) groups excluding carboxylic acids is 1. The topological polar surface area (TPSA) is 51.8 Å². The van der Waals surface area contributed by atoms with E-state index in [9.17, 15) is 4.79 Å². The molecule has 1 aromatic heterocycles. The lowest BCUT2D eigenvalue weighted by Crippen LogP contribution is -2.00. The standard InChI is InChI=1S/C16H17NO3/c1-10-5-6-13(16(18)19-4)8-15(10)17-9-14-7-11(2)20-12(14)3/h5-9H,1-4H3. The molecule has 0 atom stereocenters. The number of aryl methyl sites for hydroxylation is 3. The number of aliphatic imine (C=N–C) groups is 1. The van der Waals surface area contributed by atoms with E-state index in [0.29, 0.717) is 5.56 Å². The van der Waals surface area contributed by atoms with E-state index in [4.69, 9.17) is 9.15 Å². The maximum absolute atomic E-state index is 11.5. The average molecular weight is 271 g/mol. The van der Waals surface area contributed by atoms with Gasteiger partial charge < -0.3 is 9.15 Å². The summed E-state index contributed by atoms with van der Waals surface area (Å²) < 4.78 is 10.2. The fourth-order valence-corrected chi connectivity index (χ4v) is 1.91. The quantitative estimate of drug-likeness (QED) is 0.631. The van der Waals surface area contributed by atoms with Crippen LogP contribution >= 0.6 is 0 Å². The van der Waals surface area contributed by atoms with E-state index >= 15 is 0 Å². The maximum atomic E-state index is 11.5. The van der Waals surface area contributed by atoms with Gasteiger partial charge in [0.2, 0.25) is 0 Å². The third-order valence-corrected chi connectivity index (χ3v) is 3.05. The van der Waals surface area contributed by atoms with Crippen LogP contribution in [0.25, 0.3) is 0 Å². The highest BCUT2D eigenvalue weighted by Crippen LogP contribution is 2.21. The molecule has 0 aliphatic carbocycles. The number of rotatable bonds is 3. The zero-order valence-corrected chi connectivity index (χ0v) is 12.1. The molecule has 0 amide bonds. The molecule has 4 heteroatoms. The molecule has 2 rings (SSSR count). The van der Waals surface area contributed by atoms with Crippen LogP contribution in [0.5, 0.6) is 0 Å². The van der Waals surface area contributed by atoms with Crippen molar-refractivity contribution in [3.63, 3.8) is 0 Å². The summed E-state index contributed by atoms with van der Waals surface area (Å²) in [7, 11) is 1.36. The highest BCUT2D eigenvalue weighted by atomic mass is 16.5. The summed E-state index contributed by atoms with van der Waals surface area (Å²) in [5, 5.41) is 0. The predicted molar refractivity (Wildman–Crippen MR) is 78.0 cm³/mol. The molecule has 1 aromatic carbocycles. The number of nitrogens with zero attached hydrogens (tertiary/aromatic N) is 1. The van der Waals surface area contributed by atoms with Gasteiger partial charge in [0.05, 0.1) is 18.4 Å². The van der Waals surface area contributed by atoms with E-state index in [2.05, 4.69) is 4.99 Å². The van der Waals surface area contributed by atoms with Crippen LogP contribution in [-0.4, -0.2) is 19.3 Å². The maximum Gasteiger partial charge on any atom is 0.337 e. The average Bonchev–Trinajstić information content (AvgIpc) is 2.75. The number of benzene rings is 1. The van der Waals surface area contributed by atoms with Crippen molar-refractivity contribution < 1.29 is 13.9 Å². The fourth-order valence-electron chi connectivity index (χ4n) is 1.91. The number of furan rings is 1. The molecule has 0 radical (unpaired) electrons. The lowest BCUT2D eigenvalue weighted by molar-refractivity contribution is 0.0601. The number of carbonyl (C=O) groups is 1. The van der Waals surface area contributed by atoms with Crippen molar-refractivity contribution in [1.82, 2.24) is 0 Å². The van der Waals surface area contributed by atoms with Gasteiger partial charge >= 0.3 is 5.97 Å². The van der Waals surface area contributed by atoms with Crippen molar-refractivity contribution in [3.8, 4) is 0 Å². The summed E-state index contributed by atoms with van der Waals surface area (Å²) in [6.07, 6.45) is 1.75. The van der Waals surface area contributed by atoms with Gasteiger partial charge in [0.25, 0.3) is 0 Å². The number of hydrogen-bond acceptors (Lipinski definition) is 4. The first-order valence-electron chi connectivity index (χ1n) is 6.31. The van der Waals surface area contributed by atoms with Crippen LogP contribution in [0, 0.1) is 20.8 Å². The van der Waals surface area contributed by atoms with Crippen molar-refractivity contribution in [3.05, 3.63) is 52.5 Å². The molecule has 0 unspecified atom stereocenters. The molecule has 0 saturated heterocycles. The van der Waals surface area contributed by atoms with Crippen LogP contribution < -0.4 is 0 Å². The van der Waals surface area contributed by atoms with E-state index in [-0.39, 0.29) is 5.97 Å². The van der Waals surface area contributed by atoms with Gasteiger partial charge in [-0.1, -0.05) is 6.07 Å². The predicted octanol–water partition coefficient (Wildman–Crippen LogP) is 3.74. The molecule has 0 bridgehead atoms. The van der Waals surface area contributed by atoms with Gasteiger partial charge in [-0.15, -0.1) is 0 Å². The molecular formula is C16H17NO3. The summed E-state index contributed by atoms with van der Waals surface area (Å²) in [4.78, 5) is 16.0. The van der Waals surface area contributed by atoms with E-state index in [1.807, 2.05) is 32.9 Å². The van der Waals surface area contributed by atoms with Crippen LogP contribution in [-0.2, 0) is 4.74 Å². The van der Waals surface area contributed by atoms with Gasteiger partial charge in [0.1, 0.15) is 11.5 Å². The lowest BCUT2D eigenvalue weighted by atomic mass is 10.1. The van der Waals surface area contributed by atoms with Gasteiger partial charge in [-0.2, -0.15) is 0 Å². The molecule has 0 spiro atoms. The fraction of sp³-hybridized carbons (Fsp3) is 0.250. The van der Waals surface area contributed by atoms with E-state index in [1.54, 1.807) is 18.3 Å². The Morgan fingerprint density at radius 2 is 2.00 bits per heavy atom. The Morgan fingerprint density at radius 3 is 2.60 bits per heavy atom. The minimum Gasteiger partial charge on any atom is -0.466 e. The van der Waals surface area contributed by atoms with E-state index < -0.39 is 0 Å². The number of ether oxygens (including phenoxy) is 1. The van der Waals surface area contributed by atoms with Gasteiger partial charge in [0.15, 0.2) is 0 Å². The zero-order chi connectivity index (χ0) is 14.7. The highest BCUT2D eigenvalue weighted by Gasteiger charge is 2.07. The first-order valence-corrected chi connectivity index (χ1v) is 6.31. The van der Waals surface area contributed by atoms with Gasteiger partial charge in [-0.25, -0.2) is 4.79 Å². The number of esters is 1. The second-order valence-electron chi connectivity index (χ2n) is 4.62. The molecule has 104 valence electrons. The van der Waals surface area contributed by atoms with Crippen LogP contribution in [0.2, 0.25) is 0 Å². The van der Waals surface area contributed by atoms with E-state index in [1.165, 1.54) is 7.11 Å². The summed E-state index contributed by atoms with van der Waals surface area (Å²) >= 11 is 0. The summed E-state index contributed by atoms with van der Waals surface area (Å²) in [6.45, 7) is 5.74. The Hall–Kier alpha value is -2.36. The minimum atomic E-state index is -0.364. The highest BCUT2D eigenvalue weighted by molar-refractivity contribution is 5.91. The monoisotopic (exact) mass is 271 g/mol. The normalized spacial score (nSPS) is 11.0. The number of methoxy groups -OCH3 is 1. The van der Waals surface area contributed by atoms with Crippen LogP contribution in [0.4, 0.5) is 5.69 Å². The van der Waals surface area contributed by atoms with Gasteiger partial charge in [0, 0.05) is 11.8 Å². The molecular weight excluding hydrogens is 254 g/mol. The largest absolute Gasteiger partial charge is 0.466 e. The SMILES string of the molecule is COC(=O)c1ccc(C)c(N=Cc2cc(C)oc2C)c1. The van der Waals surface area contributed by atoms with Gasteiger partial charge in [-0.05, 0) is 44.5 Å². The van der Waals surface area contributed by atoms with Crippen molar-refractivity contribution in [2.45, 2.75) is 20.8 Å². The smallest absolute Gasteiger partial charge is 0.337 e. The van der Waals surface area contributed by atoms with Crippen LogP contribution in [0.1, 0.15) is 33.0 Å².